The second kappa shape index (κ2) is 30.4. The molecule has 2 aliphatic heterocycles. The van der Waals surface area contributed by atoms with Gasteiger partial charge in [-0.3, -0.25) is 38.4 Å². The van der Waals surface area contributed by atoms with E-state index in [4.69, 9.17) is 23.7 Å². The zero-order valence-electron chi connectivity index (χ0n) is 55.3. The number of carbonyl (C=O) groups excluding carboxylic acids is 10. The predicted octanol–water partition coefficient (Wildman–Crippen LogP) is 12.3. The zero-order chi connectivity index (χ0) is 66.4. The molecule has 5 rings (SSSR count). The molecule has 3 aromatic rings. The largest absolute Gasteiger partial charge is 0.495 e. The molecule has 0 radical (unpaired) electrons. The van der Waals surface area contributed by atoms with Gasteiger partial charge in [-0.1, -0.05) is 133 Å². The van der Waals surface area contributed by atoms with Gasteiger partial charge in [-0.25, -0.2) is 19.4 Å². The van der Waals surface area contributed by atoms with Crippen LogP contribution in [0.25, 0.3) is 0 Å². The molecule has 21 heteroatoms. The number of carbonyl (C=O) groups is 10. The van der Waals surface area contributed by atoms with Crippen molar-refractivity contribution >= 4 is 76.3 Å². The van der Waals surface area contributed by atoms with Gasteiger partial charge < -0.3 is 45.0 Å². The minimum atomic E-state index is -1.85. The second-order valence-corrected chi connectivity index (χ2v) is 26.9. The van der Waals surface area contributed by atoms with Crippen LogP contribution in [0.2, 0.25) is 0 Å². The number of esters is 1. The Hall–Kier alpha value is -7.84. The Kier molecular flexibility index (Phi) is 25.1. The van der Waals surface area contributed by atoms with Crippen molar-refractivity contribution in [1.82, 2.24) is 15.1 Å². The first-order chi connectivity index (χ1) is 40.7. The topological polar surface area (TPSA) is 271 Å². The molecule has 3 atom stereocenters. The van der Waals surface area contributed by atoms with Crippen molar-refractivity contribution in [3.05, 3.63) is 65.7 Å². The lowest BCUT2D eigenvalue weighted by Crippen LogP contribution is -2.55. The van der Waals surface area contributed by atoms with E-state index < -0.39 is 105 Å². The van der Waals surface area contributed by atoms with Gasteiger partial charge in [-0.15, -0.1) is 0 Å². The number of ketones is 2. The number of Topliss-reactive ketones (excluding diaryl/α,β-unsaturated/α-hetero) is 2. The van der Waals surface area contributed by atoms with E-state index in [2.05, 4.69) is 28.2 Å². The SMILES string of the molecule is CCCCCCCCCCCCC(Oc1ccc(OC(C)=O)c(C(C)(C)C)c1)C(=O)Nc1ccc(OC(C)C)c(NC(=O)C(C(=O)C(C)(C)C)N2C(=O)OC(C)(C)C2=O)c1.COc1ccc(C)cc1NC(=O)C(C(=O)C(C)(C)C)N1C(=O)NC(C)(C)C1=O. The lowest BCUT2D eigenvalue weighted by molar-refractivity contribution is -0.145. The fraction of sp³-hybridized carbons (Fsp3) is 0.582. The Bertz CT molecular complexity index is 3050. The fourth-order valence-electron chi connectivity index (χ4n) is 9.69. The number of anilines is 3. The number of nitrogens with one attached hydrogen (secondary N) is 4. The highest BCUT2D eigenvalue weighted by molar-refractivity contribution is 6.21. The highest BCUT2D eigenvalue weighted by Crippen LogP contribution is 2.37. The van der Waals surface area contributed by atoms with E-state index >= 15 is 0 Å². The number of hydrogen-bond acceptors (Lipinski definition) is 15. The Morgan fingerprint density at radius 1 is 0.614 bits per heavy atom. The number of benzene rings is 3. The number of nitrogens with zero attached hydrogens (tertiary/aromatic N) is 2. The van der Waals surface area contributed by atoms with E-state index in [1.807, 2.05) is 33.8 Å². The molecule has 2 aliphatic rings. The van der Waals surface area contributed by atoms with E-state index in [-0.39, 0.29) is 17.5 Å². The van der Waals surface area contributed by atoms with Crippen molar-refractivity contribution in [3.63, 3.8) is 0 Å². The molecule has 0 bridgehead atoms. The Morgan fingerprint density at radius 3 is 1.59 bits per heavy atom. The van der Waals surface area contributed by atoms with Crippen molar-refractivity contribution in [2.75, 3.05) is 23.1 Å². The number of imide groups is 2. The average molecular weight is 1230 g/mol. The fourth-order valence-corrected chi connectivity index (χ4v) is 9.69. The number of ether oxygens (including phenoxy) is 5. The first kappa shape index (κ1) is 72.6. The van der Waals surface area contributed by atoms with Gasteiger partial charge in [-0.05, 0) is 121 Å². The maximum absolute atomic E-state index is 14.1. The molecule has 88 heavy (non-hydrogen) atoms. The Balaban J connectivity index is 0.000000491. The van der Waals surface area contributed by atoms with Crippen LogP contribution >= 0.6 is 0 Å². The van der Waals surface area contributed by atoms with Crippen molar-refractivity contribution in [3.8, 4) is 23.0 Å². The molecule has 3 unspecified atom stereocenters. The number of methoxy groups -OCH3 is 1. The third kappa shape index (κ3) is 19.8. The molecule has 0 aliphatic carbocycles. The number of unbranched alkanes of at least 4 members (excludes halogenated alkanes) is 9. The molecule has 484 valence electrons. The van der Waals surface area contributed by atoms with E-state index in [0.717, 1.165) is 36.8 Å². The van der Waals surface area contributed by atoms with Crippen molar-refractivity contribution in [2.24, 2.45) is 10.8 Å². The van der Waals surface area contributed by atoms with Crippen molar-refractivity contribution in [1.29, 1.82) is 0 Å². The minimum absolute atomic E-state index is 0.0977. The molecule has 0 aromatic heterocycles. The molecule has 2 saturated heterocycles. The molecule has 0 spiro atoms. The zero-order valence-corrected chi connectivity index (χ0v) is 55.3. The van der Waals surface area contributed by atoms with Crippen LogP contribution in [0.1, 0.15) is 199 Å². The number of hydrogen-bond donors (Lipinski definition) is 4. The highest BCUT2D eigenvalue weighted by Gasteiger charge is 2.56. The molecule has 2 fully saturated rings. The second-order valence-electron chi connectivity index (χ2n) is 26.9. The van der Waals surface area contributed by atoms with Crippen LogP contribution in [-0.2, 0) is 48.5 Å². The first-order valence-electron chi connectivity index (χ1n) is 30.4. The summed E-state index contributed by atoms with van der Waals surface area (Å²) in [7, 11) is 1.46. The summed E-state index contributed by atoms with van der Waals surface area (Å²) in [5.74, 6) is -3.81. The van der Waals surface area contributed by atoms with E-state index in [1.165, 1.54) is 86.3 Å². The molecule has 2 heterocycles. The van der Waals surface area contributed by atoms with Crippen molar-refractivity contribution < 1.29 is 71.6 Å². The van der Waals surface area contributed by atoms with Gasteiger partial charge in [0.05, 0.1) is 24.6 Å². The average Bonchev–Trinajstić information content (AvgIpc) is 2.10. The summed E-state index contributed by atoms with van der Waals surface area (Å²) < 4.78 is 28.4. The molecule has 3 aromatic carbocycles. The Morgan fingerprint density at radius 2 is 1.12 bits per heavy atom. The van der Waals surface area contributed by atoms with Crippen LogP contribution in [0.15, 0.2) is 54.6 Å². The van der Waals surface area contributed by atoms with Crippen LogP contribution < -0.4 is 40.2 Å². The smallest absolute Gasteiger partial charge is 0.418 e. The summed E-state index contributed by atoms with van der Waals surface area (Å²) in [6.07, 6.45) is 9.36. The lowest BCUT2D eigenvalue weighted by atomic mass is 9.85. The normalized spacial score (nSPS) is 15.7. The molecular weight excluding hydrogens is 1130 g/mol. The van der Waals surface area contributed by atoms with E-state index in [1.54, 1.807) is 97.9 Å². The monoisotopic (exact) mass is 1220 g/mol. The summed E-state index contributed by atoms with van der Waals surface area (Å²) in [5, 5.41) is 10.8. The van der Waals surface area contributed by atoms with Gasteiger partial charge in [0.15, 0.2) is 35.4 Å². The van der Waals surface area contributed by atoms with E-state index in [0.29, 0.717) is 44.8 Å². The van der Waals surface area contributed by atoms with Gasteiger partial charge in [0, 0.05) is 29.0 Å². The van der Waals surface area contributed by atoms with Gasteiger partial charge in [-0.2, -0.15) is 0 Å². The maximum atomic E-state index is 14.1. The van der Waals surface area contributed by atoms with Crippen molar-refractivity contribution in [2.45, 2.75) is 236 Å². The standard InChI is InChI=1S/C47H69N3O10.C20H27N3O5/c1-13-14-15-16-17-18-19-20-21-22-23-38(59-33-25-27-36(58-31(4)51)34(29-33)45(5,6)7)41(53)48-32-24-26-37(57-30(2)3)35(28-32)49-42(54)39(40(52)46(8,9)10)50-43(55)47(11,12)60-44(50)56;1-11-8-9-13(28-7)12(10-11)21-16(25)14(15(24)19(2,3)4)23-17(26)20(5,6)22-18(23)27/h24-30,38-39H,13-23H2,1-12H3,(H,48,53)(H,49,54);8-10,14H,1-7H3,(H,21,25)(H,22,27). The molecule has 21 nitrogen and oxygen atoms in total. The van der Waals surface area contributed by atoms with Gasteiger partial charge in [0.1, 0.15) is 28.5 Å². The summed E-state index contributed by atoms with van der Waals surface area (Å²) in [6, 6.07) is 10.8. The van der Waals surface area contributed by atoms with Gasteiger partial charge in [0.25, 0.3) is 29.5 Å². The number of aryl methyl sites for hydroxylation is 1. The summed E-state index contributed by atoms with van der Waals surface area (Å²) in [4.78, 5) is 133. The minimum Gasteiger partial charge on any atom is -0.495 e. The molecular formula is C67H96N6O15. The van der Waals surface area contributed by atoms with Gasteiger partial charge in [0.2, 0.25) is 0 Å². The summed E-state index contributed by atoms with van der Waals surface area (Å²) in [5.41, 5.74) is -2.91. The van der Waals surface area contributed by atoms with Crippen LogP contribution in [0, 0.1) is 17.8 Å². The highest BCUT2D eigenvalue weighted by atomic mass is 16.6. The van der Waals surface area contributed by atoms with Gasteiger partial charge >= 0.3 is 18.1 Å². The summed E-state index contributed by atoms with van der Waals surface area (Å²) in [6.45, 7) is 30.4. The number of urea groups is 1. The summed E-state index contributed by atoms with van der Waals surface area (Å²) >= 11 is 0. The van der Waals surface area contributed by atoms with E-state index in [9.17, 15) is 47.9 Å². The molecule has 4 N–H and O–H groups in total. The lowest BCUT2D eigenvalue weighted by Gasteiger charge is -2.29. The maximum Gasteiger partial charge on any atom is 0.418 e. The van der Waals surface area contributed by atoms with Crippen LogP contribution in [0.3, 0.4) is 0 Å². The van der Waals surface area contributed by atoms with Crippen LogP contribution in [0.4, 0.5) is 26.7 Å². The quantitative estimate of drug-likeness (QED) is 0.0182. The number of rotatable bonds is 27. The third-order valence-electron chi connectivity index (χ3n) is 14.5. The molecule has 0 saturated carbocycles. The first-order valence-corrected chi connectivity index (χ1v) is 30.4. The Labute approximate surface area is 519 Å². The van der Waals surface area contributed by atoms with Crippen LogP contribution in [0.5, 0.6) is 23.0 Å². The third-order valence-corrected chi connectivity index (χ3v) is 14.5. The predicted molar refractivity (Wildman–Crippen MR) is 337 cm³/mol. The van der Waals surface area contributed by atoms with Crippen LogP contribution in [-0.4, -0.2) is 112 Å². The number of cyclic esters (lactones) is 1. The number of amides is 8. The molecule has 8 amide bonds.